The Morgan fingerprint density at radius 1 is 1.04 bits per heavy atom. The average Bonchev–Trinajstić information content (AvgIpc) is 2.58. The Kier molecular flexibility index (Phi) is 7.30. The van der Waals surface area contributed by atoms with Crippen molar-refractivity contribution in [3.8, 4) is 0 Å². The molecule has 0 aliphatic rings. The molecule has 0 saturated heterocycles. The summed E-state index contributed by atoms with van der Waals surface area (Å²) in [4.78, 5) is 13.9. The Balaban J connectivity index is 1.57. The van der Waals surface area contributed by atoms with Crippen LogP contribution in [0, 0.1) is 6.92 Å². The van der Waals surface area contributed by atoms with E-state index in [4.69, 9.17) is 4.74 Å². The second-order valence-corrected chi connectivity index (χ2v) is 6.02. The first kappa shape index (κ1) is 18.0. The van der Waals surface area contributed by atoms with Gasteiger partial charge < -0.3 is 9.64 Å². The molecule has 24 heavy (non-hydrogen) atoms. The normalized spacial score (nSPS) is 10.6. The van der Waals surface area contributed by atoms with Crippen LogP contribution in [0.5, 0.6) is 0 Å². The Labute approximate surface area is 144 Å². The number of nitrogens with one attached hydrogen (secondary N) is 1. The average molecular weight is 326 g/mol. The van der Waals surface area contributed by atoms with Crippen LogP contribution in [0.3, 0.4) is 0 Å². The summed E-state index contributed by atoms with van der Waals surface area (Å²) in [5, 5.41) is 2.73. The zero-order valence-corrected chi connectivity index (χ0v) is 14.5. The van der Waals surface area contributed by atoms with Crippen molar-refractivity contribution in [2.24, 2.45) is 0 Å². The van der Waals surface area contributed by atoms with Crippen LogP contribution in [-0.2, 0) is 11.2 Å². The number of carbonyl (C=O) groups excluding carboxylic acids is 1. The van der Waals surface area contributed by atoms with Crippen LogP contribution in [0.1, 0.15) is 17.5 Å². The molecule has 2 aromatic carbocycles. The number of nitrogens with zero attached hydrogens (tertiary/aromatic N) is 1. The number of likely N-dealkylation sites (N-methyl/N-ethyl adjacent to an activating group) is 1. The molecule has 0 bridgehead atoms. The van der Waals surface area contributed by atoms with Crippen molar-refractivity contribution in [3.63, 3.8) is 0 Å². The molecule has 0 saturated carbocycles. The molecule has 0 aliphatic heterocycles. The molecule has 0 aromatic heterocycles. The molecule has 0 atom stereocenters. The maximum absolute atomic E-state index is 11.7. The summed E-state index contributed by atoms with van der Waals surface area (Å²) in [6.07, 6.45) is 1.76. The highest BCUT2D eigenvalue weighted by atomic mass is 16.5. The van der Waals surface area contributed by atoms with Crippen molar-refractivity contribution in [2.45, 2.75) is 19.8 Å². The summed E-state index contributed by atoms with van der Waals surface area (Å²) < 4.78 is 5.22. The van der Waals surface area contributed by atoms with Gasteiger partial charge in [0.15, 0.2) is 0 Å². The number of aryl methyl sites for hydroxylation is 2. The van der Waals surface area contributed by atoms with Crippen molar-refractivity contribution in [3.05, 3.63) is 65.7 Å². The number of hydrogen-bond donors (Lipinski definition) is 1. The first-order valence-corrected chi connectivity index (χ1v) is 8.36. The summed E-state index contributed by atoms with van der Waals surface area (Å²) in [5.41, 5.74) is 3.27. The van der Waals surface area contributed by atoms with Crippen molar-refractivity contribution < 1.29 is 9.53 Å². The Morgan fingerprint density at radius 2 is 1.75 bits per heavy atom. The predicted molar refractivity (Wildman–Crippen MR) is 98.4 cm³/mol. The molecule has 0 unspecified atom stereocenters. The summed E-state index contributed by atoms with van der Waals surface area (Å²) in [5.74, 6) is 0. The topological polar surface area (TPSA) is 41.6 Å². The molecule has 1 amide bonds. The van der Waals surface area contributed by atoms with E-state index in [0.717, 1.165) is 37.2 Å². The van der Waals surface area contributed by atoms with Crippen LogP contribution >= 0.6 is 0 Å². The standard InChI is InChI=1S/C20H26N2O2/c1-17-10-12-19(13-11-17)21-20(23)24-16-15-22(2)14-6-9-18-7-4-3-5-8-18/h3-5,7-8,10-13H,6,9,14-16H2,1-2H3,(H,21,23). The second kappa shape index (κ2) is 9.73. The van der Waals surface area contributed by atoms with Gasteiger partial charge in [0.05, 0.1) is 0 Å². The molecule has 4 nitrogen and oxygen atoms in total. The van der Waals surface area contributed by atoms with E-state index in [1.807, 2.05) is 44.3 Å². The van der Waals surface area contributed by atoms with E-state index in [1.165, 1.54) is 5.56 Å². The van der Waals surface area contributed by atoms with Crippen LogP contribution in [0.4, 0.5) is 10.5 Å². The predicted octanol–water partition coefficient (Wildman–Crippen LogP) is 4.11. The first-order chi connectivity index (χ1) is 11.6. The quantitative estimate of drug-likeness (QED) is 0.794. The minimum Gasteiger partial charge on any atom is -0.448 e. The molecule has 4 heteroatoms. The first-order valence-electron chi connectivity index (χ1n) is 8.36. The fraction of sp³-hybridized carbons (Fsp3) is 0.350. The molecule has 0 spiro atoms. The Morgan fingerprint density at radius 3 is 2.46 bits per heavy atom. The lowest BCUT2D eigenvalue weighted by molar-refractivity contribution is 0.146. The highest BCUT2D eigenvalue weighted by Crippen LogP contribution is 2.08. The van der Waals surface area contributed by atoms with Gasteiger partial charge in [0.1, 0.15) is 6.61 Å². The third-order valence-electron chi connectivity index (χ3n) is 3.85. The maximum Gasteiger partial charge on any atom is 0.411 e. The largest absolute Gasteiger partial charge is 0.448 e. The highest BCUT2D eigenvalue weighted by Gasteiger charge is 2.04. The number of benzene rings is 2. The van der Waals surface area contributed by atoms with Crippen molar-refractivity contribution in [2.75, 3.05) is 32.1 Å². The van der Waals surface area contributed by atoms with E-state index in [-0.39, 0.29) is 0 Å². The van der Waals surface area contributed by atoms with Gasteiger partial charge in [-0.25, -0.2) is 4.79 Å². The lowest BCUT2D eigenvalue weighted by atomic mass is 10.1. The van der Waals surface area contributed by atoms with Crippen LogP contribution in [0.2, 0.25) is 0 Å². The number of rotatable bonds is 8. The molecule has 0 aliphatic carbocycles. The number of ether oxygens (including phenoxy) is 1. The van der Waals surface area contributed by atoms with Crippen LogP contribution in [-0.4, -0.2) is 37.7 Å². The smallest absolute Gasteiger partial charge is 0.411 e. The summed E-state index contributed by atoms with van der Waals surface area (Å²) >= 11 is 0. The molecule has 2 aromatic rings. The van der Waals surface area contributed by atoms with E-state index in [2.05, 4.69) is 34.5 Å². The highest BCUT2D eigenvalue weighted by molar-refractivity contribution is 5.84. The Bertz CT molecular complexity index is 611. The van der Waals surface area contributed by atoms with Crippen LogP contribution in [0.15, 0.2) is 54.6 Å². The van der Waals surface area contributed by atoms with Crippen LogP contribution < -0.4 is 5.32 Å². The minimum absolute atomic E-state index is 0.388. The van der Waals surface area contributed by atoms with Crippen molar-refractivity contribution in [1.82, 2.24) is 4.90 Å². The molecule has 0 fully saturated rings. The monoisotopic (exact) mass is 326 g/mol. The zero-order chi connectivity index (χ0) is 17.2. The molecule has 0 radical (unpaired) electrons. The summed E-state index contributed by atoms with van der Waals surface area (Å²) in [7, 11) is 2.05. The van der Waals surface area contributed by atoms with Gasteiger partial charge in [-0.05, 0) is 51.1 Å². The third-order valence-corrected chi connectivity index (χ3v) is 3.85. The second-order valence-electron chi connectivity index (χ2n) is 6.02. The number of carbonyl (C=O) groups is 1. The van der Waals surface area contributed by atoms with Gasteiger partial charge in [0.25, 0.3) is 0 Å². The van der Waals surface area contributed by atoms with Gasteiger partial charge in [-0.15, -0.1) is 0 Å². The molecule has 2 rings (SSSR count). The van der Waals surface area contributed by atoms with Gasteiger partial charge in [-0.2, -0.15) is 0 Å². The van der Waals surface area contributed by atoms with Gasteiger partial charge in [-0.1, -0.05) is 48.0 Å². The van der Waals surface area contributed by atoms with E-state index >= 15 is 0 Å². The maximum atomic E-state index is 11.7. The fourth-order valence-electron chi connectivity index (χ4n) is 2.39. The minimum atomic E-state index is -0.406. The van der Waals surface area contributed by atoms with Gasteiger partial charge in [0, 0.05) is 12.2 Å². The van der Waals surface area contributed by atoms with Gasteiger partial charge in [-0.3, -0.25) is 5.32 Å². The number of anilines is 1. The van der Waals surface area contributed by atoms with Crippen molar-refractivity contribution >= 4 is 11.8 Å². The summed E-state index contributed by atoms with van der Waals surface area (Å²) in [6.45, 7) is 4.11. The molecule has 128 valence electrons. The number of amides is 1. The molecular weight excluding hydrogens is 300 g/mol. The van der Waals surface area contributed by atoms with E-state index < -0.39 is 6.09 Å². The summed E-state index contributed by atoms with van der Waals surface area (Å²) in [6, 6.07) is 18.1. The van der Waals surface area contributed by atoms with E-state index in [0.29, 0.717) is 6.61 Å². The van der Waals surface area contributed by atoms with Gasteiger partial charge >= 0.3 is 6.09 Å². The third kappa shape index (κ3) is 6.84. The van der Waals surface area contributed by atoms with E-state index in [1.54, 1.807) is 0 Å². The molecule has 1 N–H and O–H groups in total. The van der Waals surface area contributed by atoms with Crippen molar-refractivity contribution in [1.29, 1.82) is 0 Å². The fourth-order valence-corrected chi connectivity index (χ4v) is 2.39. The van der Waals surface area contributed by atoms with Crippen LogP contribution in [0.25, 0.3) is 0 Å². The number of hydrogen-bond acceptors (Lipinski definition) is 3. The van der Waals surface area contributed by atoms with E-state index in [9.17, 15) is 4.79 Å². The Hall–Kier alpha value is -2.33. The van der Waals surface area contributed by atoms with Gasteiger partial charge in [0.2, 0.25) is 0 Å². The SMILES string of the molecule is Cc1ccc(NC(=O)OCCN(C)CCCc2ccccc2)cc1. The molecule has 0 heterocycles. The lowest BCUT2D eigenvalue weighted by Crippen LogP contribution is -2.26. The zero-order valence-electron chi connectivity index (χ0n) is 14.5. The lowest BCUT2D eigenvalue weighted by Gasteiger charge is -2.16. The molecular formula is C20H26N2O2.